The largest absolute Gasteiger partial charge is 0.365 e. The van der Waals surface area contributed by atoms with Crippen molar-refractivity contribution in [3.05, 3.63) is 29.3 Å². The molecule has 3 nitrogen and oxygen atoms in total. The molecule has 1 aromatic rings. The molecule has 1 aliphatic rings. The Morgan fingerprint density at radius 1 is 1.35 bits per heavy atom. The van der Waals surface area contributed by atoms with E-state index in [1.807, 2.05) is 0 Å². The van der Waals surface area contributed by atoms with Crippen molar-refractivity contribution in [1.29, 1.82) is 5.26 Å². The summed E-state index contributed by atoms with van der Waals surface area (Å²) in [5.41, 5.74) is 5.70. The van der Waals surface area contributed by atoms with E-state index < -0.39 is 11.6 Å². The quantitative estimate of drug-likeness (QED) is 0.809. The Labute approximate surface area is 98.4 Å². The summed E-state index contributed by atoms with van der Waals surface area (Å²) < 4.78 is 27.5. The van der Waals surface area contributed by atoms with Crippen LogP contribution in [0.25, 0.3) is 0 Å². The zero-order chi connectivity index (χ0) is 12.4. The van der Waals surface area contributed by atoms with Crippen molar-refractivity contribution in [2.45, 2.75) is 18.9 Å². The zero-order valence-electron chi connectivity index (χ0n) is 9.29. The van der Waals surface area contributed by atoms with E-state index >= 15 is 0 Å². The Bertz CT molecular complexity index is 444. The normalized spacial score (nSPS) is 20.1. The predicted octanol–water partition coefficient (Wildman–Crippen LogP) is 1.76. The lowest BCUT2D eigenvalue weighted by molar-refractivity contribution is 0.486. The minimum atomic E-state index is -0.698. The molecule has 0 saturated carbocycles. The third-order valence-electron chi connectivity index (χ3n) is 2.92. The average molecular weight is 237 g/mol. The number of halogens is 2. The maximum Gasteiger partial charge on any atom is 0.150 e. The van der Waals surface area contributed by atoms with Gasteiger partial charge in [0.25, 0.3) is 0 Å². The number of hydrogen-bond acceptors (Lipinski definition) is 3. The van der Waals surface area contributed by atoms with Crippen molar-refractivity contribution in [3.8, 4) is 6.07 Å². The smallest absolute Gasteiger partial charge is 0.150 e. The van der Waals surface area contributed by atoms with Gasteiger partial charge in [0.1, 0.15) is 5.69 Å². The molecule has 90 valence electrons. The molecule has 0 radical (unpaired) electrons. The van der Waals surface area contributed by atoms with Crippen molar-refractivity contribution >= 4 is 5.69 Å². The number of hydrogen-bond donors (Lipinski definition) is 1. The van der Waals surface area contributed by atoms with Crippen LogP contribution in [0.5, 0.6) is 0 Å². The van der Waals surface area contributed by atoms with Gasteiger partial charge in [-0.3, -0.25) is 0 Å². The molecule has 2 rings (SSSR count). The molecule has 0 amide bonds. The molecule has 1 fully saturated rings. The zero-order valence-corrected chi connectivity index (χ0v) is 9.29. The van der Waals surface area contributed by atoms with E-state index in [9.17, 15) is 8.78 Å². The van der Waals surface area contributed by atoms with Crippen molar-refractivity contribution in [2.24, 2.45) is 5.73 Å². The van der Waals surface area contributed by atoms with Crippen molar-refractivity contribution in [2.75, 3.05) is 18.0 Å². The molecule has 1 heterocycles. The molecule has 1 saturated heterocycles. The van der Waals surface area contributed by atoms with Gasteiger partial charge in [0.15, 0.2) is 11.6 Å². The summed E-state index contributed by atoms with van der Waals surface area (Å²) in [5, 5.41) is 8.61. The number of piperidine rings is 1. The second-order valence-electron chi connectivity index (χ2n) is 4.25. The van der Waals surface area contributed by atoms with E-state index in [-0.39, 0.29) is 17.3 Å². The molecule has 0 bridgehead atoms. The van der Waals surface area contributed by atoms with E-state index in [2.05, 4.69) is 0 Å². The highest BCUT2D eigenvalue weighted by Crippen LogP contribution is 2.27. The van der Waals surface area contributed by atoms with E-state index in [0.29, 0.717) is 13.1 Å². The van der Waals surface area contributed by atoms with Gasteiger partial charge >= 0.3 is 0 Å². The van der Waals surface area contributed by atoms with Crippen molar-refractivity contribution < 1.29 is 8.78 Å². The SMILES string of the molecule is N#Cc1cc(F)c(N2CCCC(N)C2)c(F)c1. The van der Waals surface area contributed by atoms with Gasteiger partial charge in [-0.2, -0.15) is 5.26 Å². The minimum absolute atomic E-state index is 0.00921. The summed E-state index contributed by atoms with van der Waals surface area (Å²) in [4.78, 5) is 1.61. The van der Waals surface area contributed by atoms with Gasteiger partial charge in [0, 0.05) is 19.1 Å². The molecule has 1 aromatic carbocycles. The maximum absolute atomic E-state index is 13.7. The summed E-state index contributed by atoms with van der Waals surface area (Å²) in [7, 11) is 0. The molecular formula is C12H13F2N3. The summed E-state index contributed by atoms with van der Waals surface area (Å²) in [6.45, 7) is 1.03. The number of anilines is 1. The number of nitrogens with two attached hydrogens (primary N) is 1. The van der Waals surface area contributed by atoms with Crippen LogP contribution in [0, 0.1) is 23.0 Å². The Morgan fingerprint density at radius 3 is 2.53 bits per heavy atom. The Kier molecular flexibility index (Phi) is 3.25. The lowest BCUT2D eigenvalue weighted by Gasteiger charge is -2.33. The molecule has 17 heavy (non-hydrogen) atoms. The fraction of sp³-hybridized carbons (Fsp3) is 0.417. The lowest BCUT2D eigenvalue weighted by atomic mass is 10.1. The van der Waals surface area contributed by atoms with E-state index in [1.165, 1.54) is 0 Å². The number of nitriles is 1. The van der Waals surface area contributed by atoms with Gasteiger partial charge in [-0.05, 0) is 25.0 Å². The van der Waals surface area contributed by atoms with Gasteiger partial charge in [-0.1, -0.05) is 0 Å². The Hall–Kier alpha value is -1.67. The van der Waals surface area contributed by atoms with Crippen LogP contribution in [-0.2, 0) is 0 Å². The fourth-order valence-electron chi connectivity index (χ4n) is 2.15. The molecular weight excluding hydrogens is 224 g/mol. The van der Waals surface area contributed by atoms with E-state index in [1.54, 1.807) is 11.0 Å². The third kappa shape index (κ3) is 2.37. The third-order valence-corrected chi connectivity index (χ3v) is 2.92. The van der Waals surface area contributed by atoms with Crippen molar-refractivity contribution in [3.63, 3.8) is 0 Å². The van der Waals surface area contributed by atoms with E-state index in [0.717, 1.165) is 25.0 Å². The maximum atomic E-state index is 13.7. The summed E-state index contributed by atoms with van der Waals surface area (Å²) in [6.07, 6.45) is 1.69. The van der Waals surface area contributed by atoms with Crippen LogP contribution in [-0.4, -0.2) is 19.1 Å². The van der Waals surface area contributed by atoms with Gasteiger partial charge < -0.3 is 10.6 Å². The number of rotatable bonds is 1. The van der Waals surface area contributed by atoms with Gasteiger partial charge in [0.05, 0.1) is 11.6 Å². The lowest BCUT2D eigenvalue weighted by Crippen LogP contribution is -2.43. The molecule has 1 atom stereocenters. The highest BCUT2D eigenvalue weighted by molar-refractivity contribution is 5.53. The minimum Gasteiger partial charge on any atom is -0.365 e. The predicted molar refractivity (Wildman–Crippen MR) is 60.5 cm³/mol. The monoisotopic (exact) mass is 237 g/mol. The van der Waals surface area contributed by atoms with Gasteiger partial charge in [-0.25, -0.2) is 8.78 Å². The Morgan fingerprint density at radius 2 is 2.00 bits per heavy atom. The average Bonchev–Trinajstić information content (AvgIpc) is 2.28. The second-order valence-corrected chi connectivity index (χ2v) is 4.25. The number of nitrogens with zero attached hydrogens (tertiary/aromatic N) is 2. The fourth-order valence-corrected chi connectivity index (χ4v) is 2.15. The molecule has 5 heteroatoms. The first-order valence-electron chi connectivity index (χ1n) is 5.51. The van der Waals surface area contributed by atoms with Gasteiger partial charge in [0.2, 0.25) is 0 Å². The van der Waals surface area contributed by atoms with Crippen LogP contribution in [0.2, 0.25) is 0 Å². The molecule has 0 spiro atoms. The first-order chi connectivity index (χ1) is 8.11. The molecule has 1 aliphatic heterocycles. The molecule has 0 aliphatic carbocycles. The van der Waals surface area contributed by atoms with Crippen LogP contribution in [0.3, 0.4) is 0 Å². The second kappa shape index (κ2) is 4.68. The van der Waals surface area contributed by atoms with Crippen LogP contribution >= 0.6 is 0 Å². The first kappa shape index (κ1) is 11.8. The Balaban J connectivity index is 2.35. The standard InChI is InChI=1S/C12H13F2N3/c13-10-4-8(6-15)5-11(14)12(10)17-3-1-2-9(16)7-17/h4-5,9H,1-3,7,16H2. The molecule has 1 unspecified atom stereocenters. The summed E-state index contributed by atoms with van der Waals surface area (Å²) in [6, 6.07) is 3.78. The molecule has 0 aromatic heterocycles. The molecule has 2 N–H and O–H groups in total. The highest BCUT2D eigenvalue weighted by Gasteiger charge is 2.23. The first-order valence-corrected chi connectivity index (χ1v) is 5.51. The van der Waals surface area contributed by atoms with Crippen LogP contribution < -0.4 is 10.6 Å². The van der Waals surface area contributed by atoms with Gasteiger partial charge in [-0.15, -0.1) is 0 Å². The van der Waals surface area contributed by atoms with Crippen LogP contribution in [0.15, 0.2) is 12.1 Å². The van der Waals surface area contributed by atoms with Crippen LogP contribution in [0.4, 0.5) is 14.5 Å². The topological polar surface area (TPSA) is 53.0 Å². The summed E-state index contributed by atoms with van der Waals surface area (Å²) in [5.74, 6) is -1.40. The van der Waals surface area contributed by atoms with E-state index in [4.69, 9.17) is 11.0 Å². The summed E-state index contributed by atoms with van der Waals surface area (Å²) >= 11 is 0. The highest BCUT2D eigenvalue weighted by atomic mass is 19.1. The number of benzene rings is 1. The van der Waals surface area contributed by atoms with Crippen LogP contribution in [0.1, 0.15) is 18.4 Å². The van der Waals surface area contributed by atoms with Crippen molar-refractivity contribution in [1.82, 2.24) is 0 Å².